The van der Waals surface area contributed by atoms with Crippen molar-refractivity contribution in [2.24, 2.45) is 17.2 Å². The monoisotopic (exact) mass is 253 g/mol. The van der Waals surface area contributed by atoms with Crippen LogP contribution < -0.4 is 17.2 Å². The lowest BCUT2D eigenvalue weighted by Crippen LogP contribution is -2.22. The smallest absolute Gasteiger partial charge is 0.273 e. The largest absolute Gasteiger partial charge is 0.361 e. The van der Waals surface area contributed by atoms with Crippen LogP contribution in [0.3, 0.4) is 0 Å². The Balaban J connectivity index is 0. The molecule has 0 aliphatic heterocycles. The molecule has 2 amide bonds. The van der Waals surface area contributed by atoms with E-state index in [0.29, 0.717) is 6.04 Å². The van der Waals surface area contributed by atoms with E-state index in [-0.39, 0.29) is 0 Å². The van der Waals surface area contributed by atoms with Crippen molar-refractivity contribution in [2.75, 3.05) is 0 Å². The van der Waals surface area contributed by atoms with Gasteiger partial charge in [-0.25, -0.2) is 0 Å². The van der Waals surface area contributed by atoms with Gasteiger partial charge in [-0.05, 0) is 12.8 Å². The molecule has 0 aromatic heterocycles. The van der Waals surface area contributed by atoms with E-state index in [2.05, 4.69) is 36.7 Å². The van der Waals surface area contributed by atoms with Crippen LogP contribution in [0, 0.1) is 0 Å². The van der Waals surface area contributed by atoms with Gasteiger partial charge in [0.25, 0.3) is 10.5 Å². The lowest BCUT2D eigenvalue weighted by atomic mass is 9.97. The summed E-state index contributed by atoms with van der Waals surface area (Å²) in [6.07, 6.45) is 6.66. The van der Waals surface area contributed by atoms with Gasteiger partial charge in [-0.3, -0.25) is 9.59 Å². The lowest BCUT2D eigenvalue weighted by Gasteiger charge is -2.15. The van der Waals surface area contributed by atoms with E-state index in [1.54, 1.807) is 0 Å². The van der Waals surface area contributed by atoms with Crippen molar-refractivity contribution in [3.8, 4) is 0 Å². The fourth-order valence-electron chi connectivity index (χ4n) is 1.13. The molecule has 0 aromatic carbocycles. The van der Waals surface area contributed by atoms with Crippen LogP contribution in [0.1, 0.15) is 32.1 Å². The maximum absolute atomic E-state index is 9.09. The second kappa shape index (κ2) is 11.7. The van der Waals surface area contributed by atoms with E-state index in [1.165, 1.54) is 32.1 Å². The quantitative estimate of drug-likeness (QED) is 0.419. The van der Waals surface area contributed by atoms with Crippen LogP contribution in [0.5, 0.6) is 0 Å². The van der Waals surface area contributed by atoms with Gasteiger partial charge in [-0.2, -0.15) is 0 Å². The molecular formula is C8H19N3O2S2. The Morgan fingerprint density at radius 3 is 1.33 bits per heavy atom. The third-order valence-corrected chi connectivity index (χ3v) is 1.65. The van der Waals surface area contributed by atoms with Gasteiger partial charge in [-0.1, -0.05) is 44.5 Å². The molecule has 1 fully saturated rings. The van der Waals surface area contributed by atoms with Gasteiger partial charge in [0.15, 0.2) is 0 Å². The molecule has 0 saturated heterocycles. The Bertz CT molecular complexity index is 165. The first kappa shape index (κ1) is 17.0. The van der Waals surface area contributed by atoms with Crippen molar-refractivity contribution >= 4 is 35.7 Å². The topological polar surface area (TPSA) is 112 Å². The van der Waals surface area contributed by atoms with Crippen molar-refractivity contribution in [3.05, 3.63) is 0 Å². The molecule has 0 bridgehead atoms. The van der Waals surface area contributed by atoms with Crippen LogP contribution in [-0.4, -0.2) is 16.5 Å². The third-order valence-electron chi connectivity index (χ3n) is 1.65. The third kappa shape index (κ3) is 31.7. The van der Waals surface area contributed by atoms with Crippen LogP contribution in [0.2, 0.25) is 0 Å². The summed E-state index contributed by atoms with van der Waals surface area (Å²) in [6, 6.07) is 0.536. The number of nitrogens with two attached hydrogens (primary N) is 3. The molecule has 0 radical (unpaired) electrons. The Hall–Kier alpha value is -0.400. The summed E-state index contributed by atoms with van der Waals surface area (Å²) < 4.78 is 0. The SMILES string of the molecule is NC(=O)S.NC(=O)S.NC1CCCCC1. The van der Waals surface area contributed by atoms with Crippen LogP contribution in [0.15, 0.2) is 0 Å². The van der Waals surface area contributed by atoms with Gasteiger partial charge in [0.1, 0.15) is 0 Å². The van der Waals surface area contributed by atoms with Crippen LogP contribution >= 0.6 is 25.3 Å². The van der Waals surface area contributed by atoms with E-state index in [4.69, 9.17) is 15.3 Å². The molecular weight excluding hydrogens is 234 g/mol. The minimum absolute atomic E-state index is 0.536. The van der Waals surface area contributed by atoms with Gasteiger partial charge in [-0.15, -0.1) is 0 Å². The number of hydrogen-bond acceptors (Lipinski definition) is 3. The highest BCUT2D eigenvalue weighted by atomic mass is 32.1. The fourth-order valence-corrected chi connectivity index (χ4v) is 1.13. The van der Waals surface area contributed by atoms with E-state index < -0.39 is 10.5 Å². The van der Waals surface area contributed by atoms with Gasteiger partial charge in [0.05, 0.1) is 0 Å². The second-order valence-electron chi connectivity index (χ2n) is 3.07. The number of carbonyl (C=O) groups is 2. The summed E-state index contributed by atoms with van der Waals surface area (Å²) >= 11 is 6.21. The van der Waals surface area contributed by atoms with Crippen molar-refractivity contribution in [1.29, 1.82) is 0 Å². The van der Waals surface area contributed by atoms with Crippen molar-refractivity contribution < 1.29 is 9.59 Å². The molecule has 0 heterocycles. The Morgan fingerprint density at radius 2 is 1.20 bits per heavy atom. The standard InChI is InChI=1S/C6H13N.2CH3NOS/c7-6-4-2-1-3-5-6;2*2-1(3)4/h6H,1-5,7H2;2*(H3,2,3,4). The highest BCUT2D eigenvalue weighted by molar-refractivity contribution is 7.96. The van der Waals surface area contributed by atoms with E-state index in [0.717, 1.165) is 0 Å². The molecule has 1 aliphatic rings. The Morgan fingerprint density at radius 1 is 0.933 bits per heavy atom. The normalized spacial score (nSPS) is 15.1. The first-order valence-electron chi connectivity index (χ1n) is 4.58. The predicted octanol–water partition coefficient (Wildman–Crippen LogP) is 1.27. The number of rotatable bonds is 0. The molecule has 0 unspecified atom stereocenters. The summed E-state index contributed by atoms with van der Waals surface area (Å²) in [4.78, 5) is 18.2. The molecule has 1 aliphatic carbocycles. The van der Waals surface area contributed by atoms with E-state index in [9.17, 15) is 0 Å². The molecule has 1 saturated carbocycles. The van der Waals surface area contributed by atoms with Gasteiger partial charge in [0.2, 0.25) is 0 Å². The highest BCUT2D eigenvalue weighted by Gasteiger charge is 2.06. The highest BCUT2D eigenvalue weighted by Crippen LogP contribution is 2.14. The summed E-state index contributed by atoms with van der Waals surface area (Å²) in [5.74, 6) is 0. The molecule has 5 nitrogen and oxygen atoms in total. The number of amides is 2. The molecule has 0 spiro atoms. The second-order valence-corrected chi connectivity index (χ2v) is 3.96. The van der Waals surface area contributed by atoms with Gasteiger partial charge >= 0.3 is 0 Å². The predicted molar refractivity (Wildman–Crippen MR) is 68.2 cm³/mol. The molecule has 15 heavy (non-hydrogen) atoms. The number of primary amides is 2. The van der Waals surface area contributed by atoms with Gasteiger partial charge in [0, 0.05) is 6.04 Å². The maximum Gasteiger partial charge on any atom is 0.273 e. The molecule has 0 aromatic rings. The van der Waals surface area contributed by atoms with E-state index >= 15 is 0 Å². The number of carbonyl (C=O) groups excluding carboxylic acids is 2. The molecule has 7 heteroatoms. The first-order chi connectivity index (χ1) is 6.86. The molecule has 90 valence electrons. The molecule has 0 atom stereocenters. The minimum Gasteiger partial charge on any atom is -0.361 e. The first-order valence-corrected chi connectivity index (χ1v) is 5.48. The lowest BCUT2D eigenvalue weighted by molar-refractivity contribution is 0.266. The summed E-state index contributed by atoms with van der Waals surface area (Å²) in [5.41, 5.74) is 14.3. The molecule has 1 rings (SSSR count). The summed E-state index contributed by atoms with van der Waals surface area (Å²) in [7, 11) is 0. The van der Waals surface area contributed by atoms with Crippen molar-refractivity contribution in [3.63, 3.8) is 0 Å². The van der Waals surface area contributed by atoms with E-state index in [1.807, 2.05) is 0 Å². The van der Waals surface area contributed by atoms with Crippen LogP contribution in [-0.2, 0) is 0 Å². The Labute approximate surface area is 101 Å². The minimum atomic E-state index is -0.639. The average Bonchev–Trinajstić information content (AvgIpc) is 2.03. The summed E-state index contributed by atoms with van der Waals surface area (Å²) in [5, 5.41) is -1.28. The number of hydrogen-bond donors (Lipinski definition) is 5. The fraction of sp³-hybridized carbons (Fsp3) is 0.750. The van der Waals surface area contributed by atoms with Gasteiger partial charge < -0.3 is 17.2 Å². The van der Waals surface area contributed by atoms with Crippen LogP contribution in [0.4, 0.5) is 9.59 Å². The Kier molecular flexibility index (Phi) is 13.2. The zero-order valence-electron chi connectivity index (χ0n) is 8.56. The average molecular weight is 253 g/mol. The van der Waals surface area contributed by atoms with Crippen molar-refractivity contribution in [1.82, 2.24) is 0 Å². The number of thiol groups is 2. The molecule has 6 N–H and O–H groups in total. The zero-order valence-corrected chi connectivity index (χ0v) is 10.3. The zero-order chi connectivity index (χ0) is 12.3. The maximum atomic E-state index is 9.09. The van der Waals surface area contributed by atoms with Crippen LogP contribution in [0.25, 0.3) is 0 Å². The van der Waals surface area contributed by atoms with Crippen molar-refractivity contribution in [2.45, 2.75) is 38.1 Å². The summed E-state index contributed by atoms with van der Waals surface area (Å²) in [6.45, 7) is 0.